The quantitative estimate of drug-likeness (QED) is 0.547. The minimum Gasteiger partial charge on any atom is -0.296 e. The highest BCUT2D eigenvalue weighted by Gasteiger charge is 2.35. The average molecular weight is 447 g/mol. The van der Waals surface area contributed by atoms with Gasteiger partial charge >= 0.3 is 0 Å². The third kappa shape index (κ3) is 3.93. The van der Waals surface area contributed by atoms with Gasteiger partial charge in [0.05, 0.1) is 11.1 Å². The van der Waals surface area contributed by atoms with E-state index in [-0.39, 0.29) is 23.3 Å². The number of nitrogens with one attached hydrogen (secondary N) is 1. The lowest BCUT2D eigenvalue weighted by atomic mass is 9.86. The molecule has 2 aromatic carbocycles. The Labute approximate surface area is 189 Å². The van der Waals surface area contributed by atoms with Gasteiger partial charge in [-0.15, -0.1) is 10.2 Å². The summed E-state index contributed by atoms with van der Waals surface area (Å²) in [6, 6.07) is 14.6. The van der Waals surface area contributed by atoms with Crippen LogP contribution in [0.15, 0.2) is 48.5 Å². The molecule has 1 aliphatic carbocycles. The van der Waals surface area contributed by atoms with Crippen molar-refractivity contribution >= 4 is 34.2 Å². The topological polar surface area (TPSA) is 92.3 Å². The minimum absolute atomic E-state index is 0.273. The highest BCUT2D eigenvalue weighted by molar-refractivity contribution is 7.15. The molecule has 1 aliphatic heterocycles. The highest BCUT2D eigenvalue weighted by atomic mass is 32.1. The van der Waals surface area contributed by atoms with Gasteiger partial charge in [0.25, 0.3) is 17.7 Å². The van der Waals surface area contributed by atoms with Gasteiger partial charge < -0.3 is 0 Å². The maximum Gasteiger partial charge on any atom is 0.261 e. The van der Waals surface area contributed by atoms with E-state index in [0.29, 0.717) is 35.1 Å². The first-order valence-corrected chi connectivity index (χ1v) is 11.6. The van der Waals surface area contributed by atoms with Crippen LogP contribution in [0.2, 0.25) is 0 Å². The number of hydrogen-bond acceptors (Lipinski definition) is 6. The number of aryl methyl sites for hydroxylation is 1. The number of rotatable bonds is 7. The van der Waals surface area contributed by atoms with Crippen molar-refractivity contribution in [2.45, 2.75) is 38.0 Å². The molecule has 0 saturated heterocycles. The molecule has 8 heteroatoms. The number of nitrogens with zero attached hydrogens (tertiary/aromatic N) is 3. The number of benzene rings is 2. The molecule has 0 radical (unpaired) electrons. The van der Waals surface area contributed by atoms with Crippen LogP contribution >= 0.6 is 11.3 Å². The van der Waals surface area contributed by atoms with Crippen molar-refractivity contribution in [1.82, 2.24) is 15.1 Å². The smallest absolute Gasteiger partial charge is 0.261 e. The van der Waals surface area contributed by atoms with E-state index in [0.717, 1.165) is 24.3 Å². The number of hydrogen-bond donors (Lipinski definition) is 1. The molecule has 5 rings (SSSR count). The number of imide groups is 1. The lowest BCUT2D eigenvalue weighted by Crippen LogP contribution is -2.31. The van der Waals surface area contributed by atoms with E-state index >= 15 is 0 Å². The summed E-state index contributed by atoms with van der Waals surface area (Å²) in [6.07, 6.45) is 4.91. The summed E-state index contributed by atoms with van der Waals surface area (Å²) in [5, 5.41) is 12.4. The predicted octanol–water partition coefficient (Wildman–Crippen LogP) is 4.29. The Hall–Kier alpha value is -3.39. The van der Waals surface area contributed by atoms with Crippen LogP contribution < -0.4 is 5.32 Å². The van der Waals surface area contributed by atoms with Crippen LogP contribution in [0.4, 0.5) is 5.13 Å². The second-order valence-corrected chi connectivity index (χ2v) is 9.15. The van der Waals surface area contributed by atoms with Crippen LogP contribution in [-0.2, 0) is 6.42 Å². The number of carbonyl (C=O) groups excluding carboxylic acids is 3. The maximum atomic E-state index is 12.9. The first-order chi connectivity index (χ1) is 15.6. The second-order valence-electron chi connectivity index (χ2n) is 8.14. The number of amides is 3. The van der Waals surface area contributed by atoms with Crippen LogP contribution in [0.5, 0.6) is 0 Å². The second kappa shape index (κ2) is 8.63. The lowest BCUT2D eigenvalue weighted by molar-refractivity contribution is 0.0652. The molecule has 0 spiro atoms. The van der Waals surface area contributed by atoms with Crippen LogP contribution in [0.1, 0.15) is 73.2 Å². The zero-order chi connectivity index (χ0) is 22.1. The van der Waals surface area contributed by atoms with E-state index in [1.807, 2.05) is 30.3 Å². The fourth-order valence-corrected chi connectivity index (χ4v) is 4.90. The summed E-state index contributed by atoms with van der Waals surface area (Å²) in [5.74, 6) is -0.572. The predicted molar refractivity (Wildman–Crippen MR) is 121 cm³/mol. The van der Waals surface area contributed by atoms with Gasteiger partial charge in [0, 0.05) is 18.0 Å². The van der Waals surface area contributed by atoms with Crippen molar-refractivity contribution in [3.05, 3.63) is 75.8 Å². The van der Waals surface area contributed by atoms with E-state index in [1.54, 1.807) is 12.1 Å². The normalized spacial score (nSPS) is 15.6. The standard InChI is InChI=1S/C24H22N4O3S/c29-20(25-24-27-26-21(32-24)16-9-4-10-16)17-11-12-18-19(14-17)23(31)28(22(18)30)13-5-8-15-6-2-1-3-7-15/h1-3,6-7,11-12,14,16H,4-5,8-10,13H2,(H,25,27,29). The van der Waals surface area contributed by atoms with Crippen LogP contribution in [-0.4, -0.2) is 39.4 Å². The van der Waals surface area contributed by atoms with Crippen molar-refractivity contribution in [1.29, 1.82) is 0 Å². The fraction of sp³-hybridized carbons (Fsp3) is 0.292. The first-order valence-electron chi connectivity index (χ1n) is 10.8. The zero-order valence-electron chi connectivity index (χ0n) is 17.4. The molecule has 1 saturated carbocycles. The summed E-state index contributed by atoms with van der Waals surface area (Å²) in [6.45, 7) is 0.345. The van der Waals surface area contributed by atoms with Crippen molar-refractivity contribution in [2.75, 3.05) is 11.9 Å². The van der Waals surface area contributed by atoms with E-state index in [1.165, 1.54) is 34.3 Å². The van der Waals surface area contributed by atoms with Gasteiger partial charge in [-0.25, -0.2) is 0 Å². The molecule has 0 bridgehead atoms. The molecule has 2 heterocycles. The van der Waals surface area contributed by atoms with Crippen molar-refractivity contribution in [2.24, 2.45) is 0 Å². The van der Waals surface area contributed by atoms with Crippen molar-refractivity contribution in [3.8, 4) is 0 Å². The molecule has 2 aliphatic rings. The zero-order valence-corrected chi connectivity index (χ0v) is 18.2. The van der Waals surface area contributed by atoms with E-state index < -0.39 is 0 Å². The molecule has 162 valence electrons. The van der Waals surface area contributed by atoms with E-state index in [4.69, 9.17) is 0 Å². The molecule has 0 atom stereocenters. The maximum absolute atomic E-state index is 12.9. The van der Waals surface area contributed by atoms with Crippen molar-refractivity contribution in [3.63, 3.8) is 0 Å². The number of anilines is 1. The molecule has 7 nitrogen and oxygen atoms in total. The summed E-state index contributed by atoms with van der Waals surface area (Å²) in [7, 11) is 0. The summed E-state index contributed by atoms with van der Waals surface area (Å²) < 4.78 is 0. The summed E-state index contributed by atoms with van der Waals surface area (Å²) in [4.78, 5) is 39.5. The van der Waals surface area contributed by atoms with Gasteiger partial charge in [0.1, 0.15) is 5.01 Å². The highest BCUT2D eigenvalue weighted by Crippen LogP contribution is 2.38. The third-order valence-electron chi connectivity index (χ3n) is 6.04. The van der Waals surface area contributed by atoms with E-state index in [9.17, 15) is 14.4 Å². The molecule has 3 aromatic rings. The molecule has 3 amide bonds. The number of aromatic nitrogens is 2. The van der Waals surface area contributed by atoms with Gasteiger partial charge in [-0.3, -0.25) is 24.6 Å². The fourth-order valence-electron chi connectivity index (χ4n) is 4.00. The Morgan fingerprint density at radius 3 is 2.56 bits per heavy atom. The van der Waals surface area contributed by atoms with Crippen LogP contribution in [0.25, 0.3) is 0 Å². The van der Waals surface area contributed by atoms with Gasteiger partial charge in [-0.2, -0.15) is 0 Å². The Balaban J connectivity index is 1.24. The molecule has 32 heavy (non-hydrogen) atoms. The SMILES string of the molecule is O=C(Nc1nnc(C2CCC2)s1)c1ccc2c(c1)C(=O)N(CCCc1ccccc1)C2=O. The first kappa shape index (κ1) is 20.5. The Morgan fingerprint density at radius 1 is 1.03 bits per heavy atom. The Bertz CT molecular complexity index is 1190. The van der Waals surface area contributed by atoms with E-state index in [2.05, 4.69) is 15.5 Å². The molecular formula is C24H22N4O3S. The third-order valence-corrected chi connectivity index (χ3v) is 7.04. The molecule has 1 N–H and O–H groups in total. The number of fused-ring (bicyclic) bond motifs is 1. The lowest BCUT2D eigenvalue weighted by Gasteiger charge is -2.21. The van der Waals surface area contributed by atoms with Gasteiger partial charge in [-0.05, 0) is 49.4 Å². The van der Waals surface area contributed by atoms with Crippen LogP contribution in [0, 0.1) is 0 Å². The van der Waals surface area contributed by atoms with Crippen molar-refractivity contribution < 1.29 is 14.4 Å². The Kier molecular flexibility index (Phi) is 5.53. The molecule has 1 fully saturated rings. The summed E-state index contributed by atoms with van der Waals surface area (Å²) in [5.41, 5.74) is 2.10. The summed E-state index contributed by atoms with van der Waals surface area (Å²) >= 11 is 1.39. The van der Waals surface area contributed by atoms with Gasteiger partial charge in [0.15, 0.2) is 0 Å². The number of carbonyl (C=O) groups is 3. The molecule has 1 aromatic heterocycles. The van der Waals surface area contributed by atoms with Crippen LogP contribution in [0.3, 0.4) is 0 Å². The Morgan fingerprint density at radius 2 is 1.81 bits per heavy atom. The monoisotopic (exact) mass is 446 g/mol. The largest absolute Gasteiger partial charge is 0.296 e. The van der Waals surface area contributed by atoms with Gasteiger partial charge in [0.2, 0.25) is 5.13 Å². The molecule has 0 unspecified atom stereocenters. The average Bonchev–Trinajstić information content (AvgIpc) is 3.31. The molecular weight excluding hydrogens is 424 g/mol. The minimum atomic E-state index is -0.369. The van der Waals surface area contributed by atoms with Gasteiger partial charge in [-0.1, -0.05) is 48.1 Å².